The van der Waals surface area contributed by atoms with Crippen LogP contribution < -0.4 is 0 Å². The maximum absolute atomic E-state index is 13.5. The quantitative estimate of drug-likeness (QED) is 0.0792. The first kappa shape index (κ1) is 66.1. The standard InChI is InChI=1S/C28H30F3NO2.C27H30FNO2.C27H31NO2/c1-16-6-10-23-20(12-16)14-25-26(17(2)34-27(25)33)24(23)11-9-22-8-7-19(15-32-22)18-4-3-5-21(13-18)28(29,30)31;1-16-6-10-23-20(12-16)14-25-26(17(2)31-27(25)30)24(23)11-9-22-8-7-19(15-29-22)18-4-3-5-21(28)13-18;1-17-8-12-23-21(14-17)15-25-26(18(2)30-27(25)29)24(23)13-11-22-10-9-20(16-28-22)19-6-4-3-5-7-19/h3-5,7-9,11,13,15-17,20,23-26H,6,10,12,14H2,1-2H3;3-5,7-9,11,13,15-17,20,23-26H,6,10,12,14H2,1-2H3;3-7,9-11,13,16-18,21,23-26H,8,12,14-15H2,1-2H3/b2*11-9+;13-11+/t2*16-,17-,20+,23-,24+,25-,26+;17-,18-,21+,23-,24+,25-,26+/m111/s1. The van der Waals surface area contributed by atoms with Crippen molar-refractivity contribution in [3.8, 4) is 33.4 Å². The fourth-order valence-corrected chi connectivity index (χ4v) is 19.4. The van der Waals surface area contributed by atoms with Crippen molar-refractivity contribution in [2.45, 2.75) is 143 Å². The molecular formula is C82H91F4N3O6. The summed E-state index contributed by atoms with van der Waals surface area (Å²) in [5.41, 5.74) is 7.15. The Bertz CT molecular complexity index is 3760. The van der Waals surface area contributed by atoms with Gasteiger partial charge in [-0.25, -0.2) is 4.39 Å². The van der Waals surface area contributed by atoms with Gasteiger partial charge in [0.05, 0.1) is 40.4 Å². The number of benzene rings is 3. The summed E-state index contributed by atoms with van der Waals surface area (Å²) in [6.45, 7) is 13.2. The largest absolute Gasteiger partial charge is 0.462 e. The third-order valence-electron chi connectivity index (χ3n) is 23.8. The van der Waals surface area contributed by atoms with E-state index in [9.17, 15) is 31.9 Å². The van der Waals surface area contributed by atoms with Crippen LogP contribution in [-0.2, 0) is 34.8 Å². The molecule has 3 aromatic carbocycles. The van der Waals surface area contributed by atoms with Gasteiger partial charge in [-0.3, -0.25) is 29.3 Å². The zero-order valence-corrected chi connectivity index (χ0v) is 55.6. The van der Waals surface area contributed by atoms with E-state index in [2.05, 4.69) is 111 Å². The van der Waals surface area contributed by atoms with Gasteiger partial charge in [0.15, 0.2) is 0 Å². The minimum atomic E-state index is -4.37. The van der Waals surface area contributed by atoms with Gasteiger partial charge in [-0.2, -0.15) is 13.2 Å². The number of hydrogen-bond acceptors (Lipinski definition) is 9. The molecule has 15 rings (SSSR count). The molecule has 9 fully saturated rings. The predicted molar refractivity (Wildman–Crippen MR) is 363 cm³/mol. The van der Waals surface area contributed by atoms with Crippen molar-refractivity contribution < 1.29 is 46.2 Å². The van der Waals surface area contributed by atoms with E-state index in [1.807, 2.05) is 55.6 Å². The van der Waals surface area contributed by atoms with Crippen LogP contribution in [-0.4, -0.2) is 51.2 Å². The Balaban J connectivity index is 0.000000129. The number of carbonyl (C=O) groups excluding carboxylic acids is 3. The van der Waals surface area contributed by atoms with E-state index in [-0.39, 0.29) is 77.5 Å². The number of carbonyl (C=O) groups is 3. The minimum absolute atomic E-state index is 0.00477. The molecule has 6 saturated carbocycles. The lowest BCUT2D eigenvalue weighted by Crippen LogP contribution is -2.43. The summed E-state index contributed by atoms with van der Waals surface area (Å²) in [5.74, 6) is 7.51. The minimum Gasteiger partial charge on any atom is -0.462 e. The number of cyclic esters (lactones) is 3. The van der Waals surface area contributed by atoms with E-state index >= 15 is 0 Å². The monoisotopic (exact) mass is 1290 g/mol. The smallest absolute Gasteiger partial charge is 0.416 e. The van der Waals surface area contributed by atoms with Gasteiger partial charge in [-0.15, -0.1) is 0 Å². The topological polar surface area (TPSA) is 118 Å². The number of allylic oxidation sites excluding steroid dienone is 3. The highest BCUT2D eigenvalue weighted by Crippen LogP contribution is 2.58. The molecule has 13 heteroatoms. The maximum atomic E-state index is 13.5. The second kappa shape index (κ2) is 28.3. The average molecular weight is 1290 g/mol. The molecule has 0 amide bonds. The molecule has 9 nitrogen and oxygen atoms in total. The van der Waals surface area contributed by atoms with E-state index in [1.165, 1.54) is 81.5 Å². The van der Waals surface area contributed by atoms with Crippen LogP contribution in [0.5, 0.6) is 0 Å². The molecule has 95 heavy (non-hydrogen) atoms. The number of alkyl halides is 3. The number of hydrogen-bond donors (Lipinski definition) is 0. The summed E-state index contributed by atoms with van der Waals surface area (Å²) >= 11 is 0. The van der Waals surface area contributed by atoms with Crippen LogP contribution >= 0.6 is 0 Å². The van der Waals surface area contributed by atoms with Gasteiger partial charge in [0.1, 0.15) is 24.1 Å². The zero-order chi connectivity index (χ0) is 66.2. The summed E-state index contributed by atoms with van der Waals surface area (Å²) in [6.07, 6.45) is 28.1. The van der Waals surface area contributed by atoms with Crippen molar-refractivity contribution >= 4 is 36.1 Å². The summed E-state index contributed by atoms with van der Waals surface area (Å²) in [6, 6.07) is 34.1. The van der Waals surface area contributed by atoms with Gasteiger partial charge >= 0.3 is 24.1 Å². The van der Waals surface area contributed by atoms with E-state index in [0.29, 0.717) is 70.3 Å². The molecule has 6 aliphatic carbocycles. The Kier molecular flexibility index (Phi) is 19.7. The van der Waals surface area contributed by atoms with Crippen LogP contribution in [0.1, 0.15) is 141 Å². The molecule has 0 unspecified atom stereocenters. The second-order valence-electron chi connectivity index (χ2n) is 29.9. The van der Waals surface area contributed by atoms with Gasteiger partial charge < -0.3 is 14.2 Å². The number of halogens is 4. The number of rotatable bonds is 9. The molecule has 0 radical (unpaired) electrons. The van der Waals surface area contributed by atoms with Crippen molar-refractivity contribution in [1.29, 1.82) is 0 Å². The van der Waals surface area contributed by atoms with Gasteiger partial charge in [-0.1, -0.05) is 131 Å². The number of pyridine rings is 3. The van der Waals surface area contributed by atoms with Crippen molar-refractivity contribution in [2.75, 3.05) is 0 Å². The Hall–Kier alpha value is -7.54. The molecule has 3 aliphatic heterocycles. The second-order valence-corrected chi connectivity index (χ2v) is 29.9. The highest BCUT2D eigenvalue weighted by atomic mass is 19.4. The van der Waals surface area contributed by atoms with E-state index < -0.39 is 11.7 Å². The lowest BCUT2D eigenvalue weighted by Gasteiger charge is -2.47. The molecule has 0 N–H and O–H groups in total. The summed E-state index contributed by atoms with van der Waals surface area (Å²) < 4.78 is 69.7. The van der Waals surface area contributed by atoms with Gasteiger partial charge in [-0.05, 0) is 227 Å². The number of fused-ring (bicyclic) bond motifs is 6. The average Bonchev–Trinajstić information content (AvgIpc) is 1.69. The van der Waals surface area contributed by atoms with Crippen LogP contribution in [0.3, 0.4) is 0 Å². The predicted octanol–water partition coefficient (Wildman–Crippen LogP) is 19.2. The highest BCUT2D eigenvalue weighted by molar-refractivity contribution is 5.77. The fourth-order valence-electron chi connectivity index (χ4n) is 19.4. The Morgan fingerprint density at radius 3 is 1.12 bits per heavy atom. The SMILES string of the molecule is C[C@@H]1CC[C@@H]2[C@@H](C1)C[C@H]1C(=O)O[C@H](C)[C@H]1[C@H]2/C=C/c1ccc(-c2cccc(C(F)(F)F)c2)cn1.C[C@@H]1CC[C@@H]2[C@@H](C1)C[C@H]1C(=O)O[C@H](C)[C@H]1[C@H]2/C=C/c1ccc(-c2cccc(F)c2)cn1.C[C@@H]1CC[C@@H]2[C@@H](C1)C[C@H]1C(=O)O[C@H](C)[C@H]1[C@H]2/C=C/c1ccc(-c2ccccc2)cn1. The molecule has 6 heterocycles. The Labute approximate surface area is 558 Å². The maximum Gasteiger partial charge on any atom is 0.416 e. The summed E-state index contributed by atoms with van der Waals surface area (Å²) in [7, 11) is 0. The molecule has 498 valence electrons. The molecule has 3 aromatic heterocycles. The fraction of sp³-hybridized carbons (Fsp3) is 0.488. The van der Waals surface area contributed by atoms with E-state index in [4.69, 9.17) is 19.2 Å². The normalized spacial score (nSPS) is 34.6. The third-order valence-corrected chi connectivity index (χ3v) is 23.8. The molecule has 3 saturated heterocycles. The number of aromatic nitrogens is 3. The van der Waals surface area contributed by atoms with Crippen molar-refractivity contribution in [2.24, 2.45) is 107 Å². The van der Waals surface area contributed by atoms with Crippen LogP contribution in [0.4, 0.5) is 17.6 Å². The summed E-state index contributed by atoms with van der Waals surface area (Å²) in [5, 5.41) is 0. The lowest BCUT2D eigenvalue weighted by atomic mass is 9.56. The van der Waals surface area contributed by atoms with E-state index in [0.717, 1.165) is 77.0 Å². The highest BCUT2D eigenvalue weighted by Gasteiger charge is 2.57. The van der Waals surface area contributed by atoms with Crippen LogP contribution in [0.25, 0.3) is 51.6 Å². The molecule has 0 spiro atoms. The lowest BCUT2D eigenvalue weighted by molar-refractivity contribution is -0.145. The van der Waals surface area contributed by atoms with Gasteiger partial charge in [0, 0.05) is 53.0 Å². The first-order chi connectivity index (χ1) is 45.8. The zero-order valence-electron chi connectivity index (χ0n) is 55.6. The molecular weight excluding hydrogens is 1200 g/mol. The van der Waals surface area contributed by atoms with Crippen LogP contribution in [0.15, 0.2) is 152 Å². The molecule has 0 bridgehead atoms. The first-order valence-electron chi connectivity index (χ1n) is 35.3. The number of ether oxygens (including phenoxy) is 3. The number of nitrogens with zero attached hydrogens (tertiary/aromatic N) is 3. The Morgan fingerprint density at radius 1 is 0.400 bits per heavy atom. The molecule has 21 atom stereocenters. The Morgan fingerprint density at radius 2 is 0.758 bits per heavy atom. The van der Waals surface area contributed by atoms with Crippen molar-refractivity contribution in [1.82, 2.24) is 15.0 Å². The van der Waals surface area contributed by atoms with Crippen molar-refractivity contribution in [3.05, 3.63) is 181 Å². The van der Waals surface area contributed by atoms with Gasteiger partial charge in [0.2, 0.25) is 0 Å². The van der Waals surface area contributed by atoms with Gasteiger partial charge in [0.25, 0.3) is 0 Å². The molecule has 6 aromatic rings. The van der Waals surface area contributed by atoms with Crippen molar-refractivity contribution in [3.63, 3.8) is 0 Å². The molecule has 9 aliphatic rings. The van der Waals surface area contributed by atoms with Crippen LogP contribution in [0.2, 0.25) is 0 Å². The first-order valence-corrected chi connectivity index (χ1v) is 35.3. The van der Waals surface area contributed by atoms with E-state index in [1.54, 1.807) is 24.5 Å². The van der Waals surface area contributed by atoms with Crippen LogP contribution in [0, 0.1) is 112 Å². The third kappa shape index (κ3) is 14.5. The summed E-state index contributed by atoms with van der Waals surface area (Å²) in [4.78, 5) is 51.3. The number of esters is 3.